The molecule has 0 radical (unpaired) electrons. The van der Waals surface area contributed by atoms with Crippen LogP contribution < -0.4 is 5.32 Å². The first kappa shape index (κ1) is 13.3. The molecule has 1 atom stereocenters. The molecule has 1 N–H and O–H groups in total. The second-order valence-corrected chi connectivity index (χ2v) is 7.47. The van der Waals surface area contributed by atoms with Gasteiger partial charge in [-0.15, -0.1) is 23.5 Å². The van der Waals surface area contributed by atoms with Gasteiger partial charge in [0.05, 0.1) is 17.1 Å². The van der Waals surface area contributed by atoms with E-state index < -0.39 is 0 Å². The molecule has 1 unspecified atom stereocenters. The molecule has 102 valence electrons. The highest BCUT2D eigenvalue weighted by Crippen LogP contribution is 2.45. The van der Waals surface area contributed by atoms with Crippen LogP contribution >= 0.6 is 23.5 Å². The smallest absolute Gasteiger partial charge is 0.229 e. The number of hydrogen-bond donors (Lipinski definition) is 1. The van der Waals surface area contributed by atoms with E-state index in [2.05, 4.69) is 17.4 Å². The van der Waals surface area contributed by atoms with Gasteiger partial charge in [0.25, 0.3) is 0 Å². The van der Waals surface area contributed by atoms with E-state index in [1.807, 2.05) is 35.7 Å². The molecule has 2 heterocycles. The summed E-state index contributed by atoms with van der Waals surface area (Å²) in [5, 5.41) is 3.01. The Kier molecular flexibility index (Phi) is 4.35. The summed E-state index contributed by atoms with van der Waals surface area (Å²) >= 11 is 3.96. The average Bonchev–Trinajstić information content (AvgIpc) is 3.13. The van der Waals surface area contributed by atoms with Gasteiger partial charge in [0, 0.05) is 23.8 Å². The van der Waals surface area contributed by atoms with Crippen LogP contribution in [0.5, 0.6) is 0 Å². The van der Waals surface area contributed by atoms with Crippen molar-refractivity contribution in [3.05, 3.63) is 29.8 Å². The number of thioether (sulfide) groups is 2. The predicted octanol–water partition coefficient (Wildman–Crippen LogP) is 3.14. The van der Waals surface area contributed by atoms with Crippen molar-refractivity contribution in [1.82, 2.24) is 0 Å². The Morgan fingerprint density at radius 3 is 2.89 bits per heavy atom. The lowest BCUT2D eigenvalue weighted by Crippen LogP contribution is -2.22. The molecule has 0 spiro atoms. The molecule has 0 aromatic heterocycles. The topological polar surface area (TPSA) is 38.3 Å². The Balaban J connectivity index is 1.66. The molecule has 2 aliphatic rings. The van der Waals surface area contributed by atoms with Gasteiger partial charge in [-0.3, -0.25) is 4.79 Å². The van der Waals surface area contributed by atoms with Crippen molar-refractivity contribution >= 4 is 35.1 Å². The van der Waals surface area contributed by atoms with Gasteiger partial charge < -0.3 is 10.1 Å². The molecule has 2 saturated heterocycles. The minimum absolute atomic E-state index is 0.0129. The molecule has 2 fully saturated rings. The lowest BCUT2D eigenvalue weighted by Gasteiger charge is -2.12. The van der Waals surface area contributed by atoms with Gasteiger partial charge in [0.2, 0.25) is 5.91 Å². The third kappa shape index (κ3) is 3.27. The van der Waals surface area contributed by atoms with Gasteiger partial charge in [0.1, 0.15) is 0 Å². The van der Waals surface area contributed by atoms with Gasteiger partial charge in [-0.25, -0.2) is 0 Å². The molecule has 5 heteroatoms. The zero-order chi connectivity index (χ0) is 13.1. The highest BCUT2D eigenvalue weighted by Gasteiger charge is 2.24. The fraction of sp³-hybridized carbons (Fsp3) is 0.500. The summed E-state index contributed by atoms with van der Waals surface area (Å²) in [5.74, 6) is 2.52. The minimum atomic E-state index is 0.0129. The van der Waals surface area contributed by atoms with Crippen LogP contribution in [-0.2, 0) is 9.53 Å². The van der Waals surface area contributed by atoms with Crippen LogP contribution in [0.3, 0.4) is 0 Å². The van der Waals surface area contributed by atoms with E-state index in [0.717, 1.165) is 12.1 Å². The van der Waals surface area contributed by atoms with E-state index in [0.29, 0.717) is 17.8 Å². The molecular formula is C14H17NO2S2. The molecule has 1 amide bonds. The second kappa shape index (κ2) is 6.20. The summed E-state index contributed by atoms with van der Waals surface area (Å²) < 4.78 is 5.77. The average molecular weight is 295 g/mol. The largest absolute Gasteiger partial charge is 0.381 e. The lowest BCUT2D eigenvalue weighted by atomic mass is 10.1. The van der Waals surface area contributed by atoms with E-state index >= 15 is 0 Å². The number of amides is 1. The standard InChI is InChI=1S/C14H17NO2S2/c16-13(11-4-5-17-9-11)15-12-3-1-2-10(8-12)14-18-6-7-19-14/h1-3,8,11,14H,4-7,9H2,(H,15,16). The quantitative estimate of drug-likeness (QED) is 0.930. The van der Waals surface area contributed by atoms with Crippen LogP contribution in [0.15, 0.2) is 24.3 Å². The Hall–Kier alpha value is -0.650. The van der Waals surface area contributed by atoms with Crippen molar-refractivity contribution in [2.24, 2.45) is 5.92 Å². The summed E-state index contributed by atoms with van der Waals surface area (Å²) in [6, 6.07) is 8.23. The number of anilines is 1. The molecule has 3 nitrogen and oxygen atoms in total. The number of rotatable bonds is 3. The summed E-state index contributed by atoms with van der Waals surface area (Å²) in [5.41, 5.74) is 2.20. The summed E-state index contributed by atoms with van der Waals surface area (Å²) in [4.78, 5) is 12.0. The Morgan fingerprint density at radius 1 is 1.32 bits per heavy atom. The molecule has 0 saturated carbocycles. The normalized spacial score (nSPS) is 23.7. The second-order valence-electron chi connectivity index (χ2n) is 4.75. The molecule has 0 bridgehead atoms. The van der Waals surface area contributed by atoms with E-state index in [1.165, 1.54) is 17.1 Å². The Bertz CT molecular complexity index is 455. The van der Waals surface area contributed by atoms with Crippen molar-refractivity contribution in [3.8, 4) is 0 Å². The van der Waals surface area contributed by atoms with Crippen molar-refractivity contribution in [3.63, 3.8) is 0 Å². The van der Waals surface area contributed by atoms with Gasteiger partial charge in [-0.2, -0.15) is 0 Å². The third-order valence-corrected chi connectivity index (χ3v) is 6.45. The first-order valence-electron chi connectivity index (χ1n) is 6.55. The van der Waals surface area contributed by atoms with E-state index in [9.17, 15) is 4.79 Å². The first-order chi connectivity index (χ1) is 9.33. The number of ether oxygens (including phenoxy) is 1. The van der Waals surface area contributed by atoms with Crippen molar-refractivity contribution in [2.45, 2.75) is 11.0 Å². The summed E-state index contributed by atoms with van der Waals surface area (Å²) in [6.07, 6.45) is 0.833. The SMILES string of the molecule is O=C(Nc1cccc(C2SCCS2)c1)C1CCOC1. The summed E-state index contributed by atoms with van der Waals surface area (Å²) in [7, 11) is 0. The zero-order valence-corrected chi connectivity index (χ0v) is 12.3. The van der Waals surface area contributed by atoms with Crippen molar-refractivity contribution in [1.29, 1.82) is 0 Å². The highest BCUT2D eigenvalue weighted by molar-refractivity contribution is 8.19. The molecule has 19 heavy (non-hydrogen) atoms. The maximum absolute atomic E-state index is 12.0. The first-order valence-corrected chi connectivity index (χ1v) is 8.64. The van der Waals surface area contributed by atoms with Crippen LogP contribution in [0.4, 0.5) is 5.69 Å². The maximum atomic E-state index is 12.0. The van der Waals surface area contributed by atoms with Gasteiger partial charge >= 0.3 is 0 Å². The van der Waals surface area contributed by atoms with E-state index in [1.54, 1.807) is 0 Å². The highest BCUT2D eigenvalue weighted by atomic mass is 32.2. The van der Waals surface area contributed by atoms with Crippen molar-refractivity contribution in [2.75, 3.05) is 30.0 Å². The van der Waals surface area contributed by atoms with Crippen LogP contribution in [0.25, 0.3) is 0 Å². The fourth-order valence-electron chi connectivity index (χ4n) is 2.30. The third-order valence-electron chi connectivity index (χ3n) is 3.35. The Morgan fingerprint density at radius 2 is 2.16 bits per heavy atom. The number of carbonyl (C=O) groups excluding carboxylic acids is 1. The van der Waals surface area contributed by atoms with Crippen LogP contribution in [0, 0.1) is 5.92 Å². The van der Waals surface area contributed by atoms with Gasteiger partial charge in [0.15, 0.2) is 0 Å². The molecule has 1 aromatic carbocycles. The fourth-order valence-corrected chi connectivity index (χ4v) is 5.14. The van der Waals surface area contributed by atoms with Gasteiger partial charge in [-0.05, 0) is 24.1 Å². The molecule has 0 aliphatic carbocycles. The number of benzene rings is 1. The maximum Gasteiger partial charge on any atom is 0.229 e. The van der Waals surface area contributed by atoms with E-state index in [4.69, 9.17) is 4.74 Å². The zero-order valence-electron chi connectivity index (χ0n) is 10.6. The monoisotopic (exact) mass is 295 g/mol. The van der Waals surface area contributed by atoms with E-state index in [-0.39, 0.29) is 11.8 Å². The molecule has 1 aromatic rings. The molecule has 3 rings (SSSR count). The minimum Gasteiger partial charge on any atom is -0.381 e. The van der Waals surface area contributed by atoms with Gasteiger partial charge in [-0.1, -0.05) is 12.1 Å². The number of hydrogen-bond acceptors (Lipinski definition) is 4. The molecule has 2 aliphatic heterocycles. The van der Waals surface area contributed by atoms with Crippen molar-refractivity contribution < 1.29 is 9.53 Å². The van der Waals surface area contributed by atoms with Crippen LogP contribution in [0.2, 0.25) is 0 Å². The van der Waals surface area contributed by atoms with Crippen LogP contribution in [0.1, 0.15) is 16.6 Å². The Labute approximate surface area is 121 Å². The summed E-state index contributed by atoms with van der Waals surface area (Å²) in [6.45, 7) is 1.26. The predicted molar refractivity (Wildman–Crippen MR) is 81.7 cm³/mol. The van der Waals surface area contributed by atoms with Crippen LogP contribution in [-0.4, -0.2) is 30.6 Å². The molecular weight excluding hydrogens is 278 g/mol. The number of carbonyl (C=O) groups is 1. The number of nitrogens with one attached hydrogen (secondary N) is 1. The lowest BCUT2D eigenvalue weighted by molar-refractivity contribution is -0.119.